The molecule has 1 N–H and O–H groups in total. The summed E-state index contributed by atoms with van der Waals surface area (Å²) in [5.41, 5.74) is 0. The van der Waals surface area contributed by atoms with Crippen molar-refractivity contribution in [3.63, 3.8) is 0 Å². The summed E-state index contributed by atoms with van der Waals surface area (Å²) < 4.78 is 0. The Labute approximate surface area is 105 Å². The first-order valence-electron chi connectivity index (χ1n) is 7.17. The minimum absolute atomic E-state index is 0.243. The van der Waals surface area contributed by atoms with Crippen molar-refractivity contribution in [2.24, 2.45) is 0 Å². The highest BCUT2D eigenvalue weighted by atomic mass is 16.4. The molecular weight excluding hydrogens is 214 g/mol. The van der Waals surface area contributed by atoms with Crippen LogP contribution in [0.15, 0.2) is 0 Å². The monoisotopic (exact) mass is 241 g/mol. The molecule has 0 saturated heterocycles. The van der Waals surface area contributed by atoms with Gasteiger partial charge in [0.15, 0.2) is 0 Å². The first kappa shape index (κ1) is 14.3. The number of nitrogens with zero attached hydrogens (tertiary/aromatic N) is 1. The van der Waals surface area contributed by atoms with Crippen LogP contribution in [-0.4, -0.2) is 29.2 Å². The van der Waals surface area contributed by atoms with Crippen molar-refractivity contribution in [2.75, 3.05) is 7.05 Å². The summed E-state index contributed by atoms with van der Waals surface area (Å²) in [7, 11) is 1.72. The summed E-state index contributed by atoms with van der Waals surface area (Å²) in [6.45, 7) is 0. The van der Waals surface area contributed by atoms with E-state index in [0.717, 1.165) is 12.8 Å². The van der Waals surface area contributed by atoms with E-state index >= 15 is 0 Å². The molecule has 3 heteroatoms. The van der Waals surface area contributed by atoms with E-state index < -0.39 is 6.09 Å². The second kappa shape index (κ2) is 8.37. The fraction of sp³-hybridized carbons (Fsp3) is 0.929. The minimum Gasteiger partial charge on any atom is -0.465 e. The maximum Gasteiger partial charge on any atom is 0.407 e. The molecule has 100 valence electrons. The van der Waals surface area contributed by atoms with E-state index in [2.05, 4.69) is 0 Å². The molecule has 0 bridgehead atoms. The molecule has 1 aliphatic carbocycles. The maximum absolute atomic E-state index is 11.0. The third-order valence-corrected chi connectivity index (χ3v) is 3.92. The van der Waals surface area contributed by atoms with Crippen molar-refractivity contribution in [1.82, 2.24) is 4.90 Å². The Hall–Kier alpha value is -0.730. The Kier molecular flexibility index (Phi) is 7.06. The number of amides is 1. The van der Waals surface area contributed by atoms with E-state index in [-0.39, 0.29) is 6.04 Å². The molecule has 0 radical (unpaired) electrons. The summed E-state index contributed by atoms with van der Waals surface area (Å²) in [5.74, 6) is 0. The molecule has 0 spiro atoms. The molecular formula is C14H27NO2. The van der Waals surface area contributed by atoms with Crippen LogP contribution in [0.25, 0.3) is 0 Å². The summed E-state index contributed by atoms with van der Waals surface area (Å²) in [6, 6.07) is 0.243. The van der Waals surface area contributed by atoms with Gasteiger partial charge in [0.2, 0.25) is 0 Å². The lowest BCUT2D eigenvalue weighted by molar-refractivity contribution is 0.131. The lowest BCUT2D eigenvalue weighted by atomic mass is 9.97. The number of carbonyl (C=O) groups is 1. The largest absolute Gasteiger partial charge is 0.465 e. The van der Waals surface area contributed by atoms with Gasteiger partial charge in [-0.1, -0.05) is 57.8 Å². The molecule has 0 aromatic rings. The van der Waals surface area contributed by atoms with Crippen LogP contribution >= 0.6 is 0 Å². The van der Waals surface area contributed by atoms with Crippen molar-refractivity contribution in [2.45, 2.75) is 76.7 Å². The van der Waals surface area contributed by atoms with Crippen LogP contribution in [0.3, 0.4) is 0 Å². The molecule has 17 heavy (non-hydrogen) atoms. The van der Waals surface area contributed by atoms with Gasteiger partial charge in [-0.25, -0.2) is 4.79 Å². The highest BCUT2D eigenvalue weighted by Gasteiger charge is 2.18. The molecule has 1 aliphatic rings. The first-order valence-corrected chi connectivity index (χ1v) is 7.17. The smallest absolute Gasteiger partial charge is 0.407 e. The van der Waals surface area contributed by atoms with Crippen LogP contribution in [0.5, 0.6) is 0 Å². The van der Waals surface area contributed by atoms with E-state index in [0.29, 0.717) is 0 Å². The molecule has 1 amide bonds. The predicted octanol–water partition coefficient (Wildman–Crippen LogP) is 4.27. The van der Waals surface area contributed by atoms with Crippen LogP contribution < -0.4 is 0 Å². The normalized spacial score (nSPS) is 21.2. The van der Waals surface area contributed by atoms with Gasteiger partial charge in [0.25, 0.3) is 0 Å². The van der Waals surface area contributed by atoms with Gasteiger partial charge in [-0.2, -0.15) is 0 Å². The number of hydrogen-bond donors (Lipinski definition) is 1. The standard InChI is InChI=1S/C14H27NO2/c1-15(14(16)17)13-11-9-7-5-3-2-4-6-8-10-12-13/h13H,2-12H2,1H3,(H,16,17). The number of carboxylic acid groups (broad SMARTS) is 1. The molecule has 0 aromatic carbocycles. The van der Waals surface area contributed by atoms with E-state index in [1.165, 1.54) is 62.7 Å². The molecule has 3 nitrogen and oxygen atoms in total. The van der Waals surface area contributed by atoms with Gasteiger partial charge in [-0.3, -0.25) is 0 Å². The first-order chi connectivity index (χ1) is 8.22. The van der Waals surface area contributed by atoms with E-state index in [1.54, 1.807) is 7.05 Å². The average Bonchev–Trinajstić information content (AvgIpc) is 2.29. The van der Waals surface area contributed by atoms with Gasteiger partial charge in [0.05, 0.1) is 0 Å². The predicted molar refractivity (Wildman–Crippen MR) is 70.4 cm³/mol. The molecule has 1 rings (SSSR count). The number of rotatable bonds is 1. The zero-order valence-electron chi connectivity index (χ0n) is 11.2. The molecule has 0 heterocycles. The van der Waals surface area contributed by atoms with Crippen LogP contribution in [0.2, 0.25) is 0 Å². The Bertz CT molecular complexity index is 206. The molecule has 0 atom stereocenters. The quantitative estimate of drug-likeness (QED) is 0.744. The lowest BCUT2D eigenvalue weighted by Crippen LogP contribution is -2.36. The molecule has 0 aliphatic heterocycles. The SMILES string of the molecule is CN(C(=O)O)C1CCCCCCCCCCC1. The van der Waals surface area contributed by atoms with E-state index in [9.17, 15) is 4.79 Å². The average molecular weight is 241 g/mol. The second-order valence-corrected chi connectivity index (χ2v) is 5.31. The summed E-state index contributed by atoms with van der Waals surface area (Å²) >= 11 is 0. The lowest BCUT2D eigenvalue weighted by Gasteiger charge is -2.26. The van der Waals surface area contributed by atoms with Crippen LogP contribution in [-0.2, 0) is 0 Å². The molecule has 0 aromatic heterocycles. The van der Waals surface area contributed by atoms with Crippen molar-refractivity contribution in [3.05, 3.63) is 0 Å². The summed E-state index contributed by atoms with van der Waals surface area (Å²) in [5, 5.41) is 9.05. The van der Waals surface area contributed by atoms with Gasteiger partial charge >= 0.3 is 6.09 Å². The second-order valence-electron chi connectivity index (χ2n) is 5.31. The number of hydrogen-bond acceptors (Lipinski definition) is 1. The van der Waals surface area contributed by atoms with Crippen LogP contribution in [0.1, 0.15) is 70.6 Å². The Morgan fingerprint density at radius 2 is 1.24 bits per heavy atom. The van der Waals surface area contributed by atoms with Crippen LogP contribution in [0.4, 0.5) is 4.79 Å². The van der Waals surface area contributed by atoms with Crippen molar-refractivity contribution in [1.29, 1.82) is 0 Å². The van der Waals surface area contributed by atoms with Crippen molar-refractivity contribution >= 4 is 6.09 Å². The van der Waals surface area contributed by atoms with Gasteiger partial charge in [-0.05, 0) is 12.8 Å². The third-order valence-electron chi connectivity index (χ3n) is 3.92. The van der Waals surface area contributed by atoms with E-state index in [1.807, 2.05) is 0 Å². The van der Waals surface area contributed by atoms with Gasteiger partial charge < -0.3 is 10.0 Å². The van der Waals surface area contributed by atoms with Crippen molar-refractivity contribution in [3.8, 4) is 0 Å². The summed E-state index contributed by atoms with van der Waals surface area (Å²) in [6.07, 6.45) is 13.0. The zero-order chi connectivity index (χ0) is 12.5. The topological polar surface area (TPSA) is 40.5 Å². The maximum atomic E-state index is 11.0. The highest BCUT2D eigenvalue weighted by Crippen LogP contribution is 2.19. The Balaban J connectivity index is 2.39. The fourth-order valence-corrected chi connectivity index (χ4v) is 2.69. The Morgan fingerprint density at radius 1 is 0.882 bits per heavy atom. The van der Waals surface area contributed by atoms with Crippen molar-refractivity contribution < 1.29 is 9.90 Å². The molecule has 1 saturated carbocycles. The third kappa shape index (κ3) is 5.94. The molecule has 1 fully saturated rings. The zero-order valence-corrected chi connectivity index (χ0v) is 11.2. The highest BCUT2D eigenvalue weighted by molar-refractivity contribution is 5.64. The minimum atomic E-state index is -0.776. The Morgan fingerprint density at radius 3 is 1.59 bits per heavy atom. The van der Waals surface area contributed by atoms with Gasteiger partial charge in [0, 0.05) is 13.1 Å². The van der Waals surface area contributed by atoms with Gasteiger partial charge in [0.1, 0.15) is 0 Å². The van der Waals surface area contributed by atoms with Crippen LogP contribution in [0, 0.1) is 0 Å². The van der Waals surface area contributed by atoms with E-state index in [4.69, 9.17) is 5.11 Å². The fourth-order valence-electron chi connectivity index (χ4n) is 2.69. The van der Waals surface area contributed by atoms with Gasteiger partial charge in [-0.15, -0.1) is 0 Å². The summed E-state index contributed by atoms with van der Waals surface area (Å²) in [4.78, 5) is 12.5. The molecule has 0 unspecified atom stereocenters.